The van der Waals surface area contributed by atoms with Crippen molar-refractivity contribution in [2.45, 2.75) is 174 Å². The number of aliphatic carboxylic acids is 2. The average Bonchev–Trinajstić information content (AvgIpc) is 2.87. The zero-order valence-electron chi connectivity index (χ0n) is 24.7. The summed E-state index contributed by atoms with van der Waals surface area (Å²) < 4.78 is 0. The van der Waals surface area contributed by atoms with Gasteiger partial charge >= 0.3 is 11.9 Å². The van der Waals surface area contributed by atoms with Crippen molar-refractivity contribution in [3.05, 3.63) is 0 Å². The zero-order valence-corrected chi connectivity index (χ0v) is 25.5. The molecule has 0 saturated heterocycles. The minimum atomic E-state index is -0.802. The molecule has 0 heterocycles. The number of carbonyl (C=O) groups is 2. The molecule has 0 aromatic carbocycles. The van der Waals surface area contributed by atoms with Gasteiger partial charge in [-0.15, -0.1) is 0 Å². The van der Waals surface area contributed by atoms with Crippen LogP contribution in [0.5, 0.6) is 0 Å². The van der Waals surface area contributed by atoms with E-state index in [1.54, 1.807) is 0 Å². The van der Waals surface area contributed by atoms with Crippen LogP contribution in [0.1, 0.15) is 174 Å². The van der Waals surface area contributed by atoms with Crippen LogP contribution in [0.4, 0.5) is 0 Å². The summed E-state index contributed by atoms with van der Waals surface area (Å²) in [5, 5.41) is 19.2. The van der Waals surface area contributed by atoms with Gasteiger partial charge in [-0.3, -0.25) is 9.59 Å². The highest BCUT2D eigenvalue weighted by Gasteiger charge is 2.37. The van der Waals surface area contributed by atoms with Crippen molar-refractivity contribution in [1.29, 1.82) is 0 Å². The van der Waals surface area contributed by atoms with Crippen LogP contribution in [0.25, 0.3) is 0 Å². The molecule has 0 aromatic rings. The van der Waals surface area contributed by atoms with Gasteiger partial charge in [0.25, 0.3) is 0 Å². The fourth-order valence-corrected chi connectivity index (χ4v) is 6.49. The lowest BCUT2D eigenvalue weighted by Gasteiger charge is -2.29. The third kappa shape index (κ3) is 22.9. The fraction of sp³-hybridized carbons (Fsp3) is 0.938. The lowest BCUT2D eigenvalue weighted by Crippen LogP contribution is -2.34. The van der Waals surface area contributed by atoms with Gasteiger partial charge < -0.3 is 10.2 Å². The molecule has 0 fully saturated rings. The summed E-state index contributed by atoms with van der Waals surface area (Å²) in [5.74, 6) is -0.426. The van der Waals surface area contributed by atoms with Crippen molar-refractivity contribution < 1.29 is 19.8 Å². The number of hydrogen-bond acceptors (Lipinski definition) is 3. The van der Waals surface area contributed by atoms with Gasteiger partial charge in [0.05, 0.1) is 11.8 Å². The number of rotatable bonds is 30. The maximum atomic E-state index is 12.4. The van der Waals surface area contributed by atoms with Crippen LogP contribution in [-0.4, -0.2) is 33.7 Å². The van der Waals surface area contributed by atoms with E-state index >= 15 is 0 Å². The van der Waals surface area contributed by atoms with Gasteiger partial charge in [-0.05, 0) is 12.8 Å². The summed E-state index contributed by atoms with van der Waals surface area (Å²) in [6.07, 6.45) is 29.5. The second-order valence-corrected chi connectivity index (χ2v) is 12.5. The van der Waals surface area contributed by atoms with E-state index in [1.807, 2.05) is 0 Å². The van der Waals surface area contributed by atoms with E-state index in [2.05, 4.69) is 13.8 Å². The summed E-state index contributed by atoms with van der Waals surface area (Å²) in [5.41, 5.74) is -0.693. The van der Waals surface area contributed by atoms with E-state index in [4.69, 9.17) is 5.11 Å². The first-order valence-electron chi connectivity index (χ1n) is 16.0. The highest BCUT2D eigenvalue weighted by atomic mass is 32.2. The number of hydrogen-bond donors (Lipinski definition) is 2. The summed E-state index contributed by atoms with van der Waals surface area (Å²) in [6, 6.07) is 0. The van der Waals surface area contributed by atoms with Crippen molar-refractivity contribution in [2.24, 2.45) is 5.41 Å². The van der Waals surface area contributed by atoms with E-state index in [0.717, 1.165) is 38.5 Å². The maximum absolute atomic E-state index is 12.4. The molecule has 37 heavy (non-hydrogen) atoms. The van der Waals surface area contributed by atoms with Crippen molar-refractivity contribution in [3.8, 4) is 0 Å². The zero-order chi connectivity index (χ0) is 27.5. The second-order valence-electron chi connectivity index (χ2n) is 11.4. The average molecular weight is 543 g/mol. The molecule has 0 spiro atoms. The summed E-state index contributed by atoms with van der Waals surface area (Å²) in [6.45, 7) is 4.51. The van der Waals surface area contributed by atoms with Crippen LogP contribution in [0.15, 0.2) is 0 Å². The number of thioether (sulfide) groups is 1. The minimum absolute atomic E-state index is 0.108. The Morgan fingerprint density at radius 2 is 0.865 bits per heavy atom. The molecule has 0 aromatic heterocycles. The van der Waals surface area contributed by atoms with Crippen molar-refractivity contribution in [3.63, 3.8) is 0 Å². The molecule has 0 unspecified atom stereocenters. The molecule has 0 aliphatic carbocycles. The first-order valence-corrected chi connectivity index (χ1v) is 17.2. The largest absolute Gasteiger partial charge is 0.481 e. The predicted molar refractivity (Wildman–Crippen MR) is 162 cm³/mol. The minimum Gasteiger partial charge on any atom is -0.481 e. The van der Waals surface area contributed by atoms with Crippen LogP contribution >= 0.6 is 11.8 Å². The number of unbranched alkanes of at least 4 members (excludes halogenated alkanes) is 20. The van der Waals surface area contributed by atoms with Crippen LogP contribution in [0, 0.1) is 5.41 Å². The molecule has 0 aliphatic heterocycles. The lowest BCUT2D eigenvalue weighted by atomic mass is 9.79. The summed E-state index contributed by atoms with van der Waals surface area (Å²) >= 11 is 1.52. The van der Waals surface area contributed by atoms with Crippen molar-refractivity contribution in [1.82, 2.24) is 0 Å². The molecule has 0 saturated carbocycles. The fourth-order valence-electron chi connectivity index (χ4n) is 5.23. The monoisotopic (exact) mass is 542 g/mol. The molecule has 0 amide bonds. The Labute approximate surface area is 234 Å². The normalized spacial score (nSPS) is 11.7. The van der Waals surface area contributed by atoms with Crippen LogP contribution in [-0.2, 0) is 9.59 Å². The van der Waals surface area contributed by atoms with Gasteiger partial charge in [-0.25, -0.2) is 0 Å². The van der Waals surface area contributed by atoms with Gasteiger partial charge in [0, 0.05) is 11.5 Å². The summed E-state index contributed by atoms with van der Waals surface area (Å²) in [7, 11) is 0. The topological polar surface area (TPSA) is 74.6 Å². The van der Waals surface area contributed by atoms with Gasteiger partial charge in [-0.2, -0.15) is 11.8 Å². The number of carboxylic acid groups (broad SMARTS) is 2. The molecule has 0 bridgehead atoms. The Morgan fingerprint density at radius 1 is 0.541 bits per heavy atom. The van der Waals surface area contributed by atoms with Crippen molar-refractivity contribution >= 4 is 23.7 Å². The number of carboxylic acids is 2. The third-order valence-corrected chi connectivity index (χ3v) is 9.06. The molecular weight excluding hydrogens is 480 g/mol. The molecule has 0 atom stereocenters. The maximum Gasteiger partial charge on any atom is 0.310 e. The Kier molecular flexibility index (Phi) is 26.4. The van der Waals surface area contributed by atoms with E-state index in [1.165, 1.54) is 127 Å². The molecule has 4 nitrogen and oxygen atoms in total. The second kappa shape index (κ2) is 26.9. The van der Waals surface area contributed by atoms with Gasteiger partial charge in [0.15, 0.2) is 0 Å². The Balaban J connectivity index is 4.30. The van der Waals surface area contributed by atoms with E-state index in [0.29, 0.717) is 11.5 Å². The molecule has 0 rings (SSSR count). The highest BCUT2D eigenvalue weighted by Crippen LogP contribution is 2.36. The van der Waals surface area contributed by atoms with Gasteiger partial charge in [0.2, 0.25) is 0 Å². The molecular formula is C32H62O4S. The lowest BCUT2D eigenvalue weighted by molar-refractivity contribution is -0.148. The third-order valence-electron chi connectivity index (χ3n) is 7.81. The SMILES string of the molecule is CCCCCCCCCCCCCC(CCCCCCCCCCCCC)(CSCCC(=O)O)C(=O)O. The highest BCUT2D eigenvalue weighted by molar-refractivity contribution is 7.99. The molecule has 220 valence electrons. The van der Waals surface area contributed by atoms with Gasteiger partial charge in [0.1, 0.15) is 0 Å². The molecule has 2 N–H and O–H groups in total. The Hall–Kier alpha value is -0.710. The molecule has 5 heteroatoms. The van der Waals surface area contributed by atoms with Crippen LogP contribution in [0.3, 0.4) is 0 Å². The Morgan fingerprint density at radius 3 is 1.16 bits per heavy atom. The quantitative estimate of drug-likeness (QED) is 0.0883. The predicted octanol–water partition coefficient (Wildman–Crippen LogP) is 10.7. The molecule has 0 aliphatic rings. The van der Waals surface area contributed by atoms with Crippen LogP contribution in [0.2, 0.25) is 0 Å². The van der Waals surface area contributed by atoms with E-state index in [-0.39, 0.29) is 6.42 Å². The first kappa shape index (κ1) is 36.3. The van der Waals surface area contributed by atoms with Crippen molar-refractivity contribution in [2.75, 3.05) is 11.5 Å². The summed E-state index contributed by atoms with van der Waals surface area (Å²) in [4.78, 5) is 23.3. The van der Waals surface area contributed by atoms with Crippen LogP contribution < -0.4 is 0 Å². The standard InChI is InChI=1S/C32H62O4S/c1-3-5-7-9-11-13-15-17-19-21-23-26-32(31(35)36,29-37-28-25-30(33)34)27-24-22-20-18-16-14-12-10-8-6-4-2/h3-29H2,1-2H3,(H,33,34)(H,35,36). The first-order chi connectivity index (χ1) is 18.0. The van der Waals surface area contributed by atoms with E-state index in [9.17, 15) is 14.7 Å². The van der Waals surface area contributed by atoms with Gasteiger partial charge in [-0.1, -0.05) is 155 Å². The Bertz CT molecular complexity index is 497. The smallest absolute Gasteiger partial charge is 0.310 e. The van der Waals surface area contributed by atoms with E-state index < -0.39 is 17.4 Å². The molecule has 0 radical (unpaired) electrons.